The van der Waals surface area contributed by atoms with Crippen LogP contribution in [0.25, 0.3) is 33.8 Å². The number of ether oxygens (including phenoxy) is 6. The molecule has 0 radical (unpaired) electrons. The van der Waals surface area contributed by atoms with Crippen LogP contribution < -0.4 is 29.6 Å². The van der Waals surface area contributed by atoms with Crippen LogP contribution in [-0.4, -0.2) is 187 Å². The Kier molecular flexibility index (Phi) is 18.6. The molecule has 0 spiro atoms. The predicted octanol–water partition coefficient (Wildman–Crippen LogP) is 7.75. The number of anilines is 2. The van der Waals surface area contributed by atoms with Gasteiger partial charge in [0.2, 0.25) is 0 Å². The lowest BCUT2D eigenvalue weighted by Crippen LogP contribution is -2.52. The van der Waals surface area contributed by atoms with Gasteiger partial charge >= 0.3 is 38.6 Å². The van der Waals surface area contributed by atoms with E-state index < -0.39 is 73.1 Å². The molecule has 96 heavy (non-hydrogen) atoms. The summed E-state index contributed by atoms with van der Waals surface area (Å²) >= 11 is 0. The zero-order valence-electron chi connectivity index (χ0n) is 51.0. The number of nitrogens with one attached hydrogen (secondary N) is 2. The van der Waals surface area contributed by atoms with Gasteiger partial charge in [-0.3, -0.25) is 19.0 Å². The smallest absolute Gasteiger partial charge is 0.410 e. The summed E-state index contributed by atoms with van der Waals surface area (Å²) in [5.41, 5.74) is -1.32. The molecule has 0 atom stereocenters. The molecule has 10 heterocycles. The van der Waals surface area contributed by atoms with Gasteiger partial charge in [-0.1, -0.05) is 0 Å². The molecule has 2 saturated heterocycles. The van der Waals surface area contributed by atoms with E-state index in [4.69, 9.17) is 9.47 Å². The average Bonchev–Trinajstić information content (AvgIpc) is 1.48. The molecule has 2 N–H and O–H groups in total. The highest BCUT2D eigenvalue weighted by atomic mass is 19.3. The fraction of sp³-hybridized carbons (Fsp3) is 0.357. The standard InChI is InChI=1S/2C28H27F4N11O5/c1-28(2,3)48-27(45)40-11-15(12-40)43-21(36-38-39-43)14-41-13-19(35-24(44)18-10-34-42-8-4-7-33-23(18)42)22(37-41)17-9-16(46-25(29)30)5-6-20(17)47-26(31)32;1-28(2,3)48-27(45)40-11-15(12-40)43-37-21(36-39-43)14-41-13-19(35-24(44)18-10-34-42-8-4-7-33-23(18)42)22(38-41)17-9-16(46-25(29)30)5-6-20(17)47-26(31)32/h2*4-10,13,15,25-26H,11-12,14H2,1-3H3,(H,35,44). The Balaban J connectivity index is 0.000000195. The van der Waals surface area contributed by atoms with Gasteiger partial charge in [-0.25, -0.2) is 33.3 Å². The van der Waals surface area contributed by atoms with Gasteiger partial charge in [-0.2, -0.15) is 60.3 Å². The number of carbonyl (C=O) groups excluding carboxylic acids is 4. The van der Waals surface area contributed by atoms with Gasteiger partial charge < -0.3 is 48.9 Å². The molecule has 0 aliphatic carbocycles. The molecule has 504 valence electrons. The summed E-state index contributed by atoms with van der Waals surface area (Å²) in [6.07, 6.45) is 10.5. The quantitative estimate of drug-likeness (QED) is 0.0688. The lowest BCUT2D eigenvalue weighted by atomic mass is 10.1. The predicted molar refractivity (Wildman–Crippen MR) is 311 cm³/mol. The van der Waals surface area contributed by atoms with Crippen molar-refractivity contribution < 1.29 is 82.7 Å². The molecule has 0 saturated carbocycles. The molecule has 2 aliphatic heterocycles. The number of tetrazole rings is 2. The molecule has 12 rings (SSSR count). The Morgan fingerprint density at radius 1 is 0.573 bits per heavy atom. The number of alkyl halides is 8. The molecule has 32 nitrogen and oxygen atoms in total. The van der Waals surface area contributed by atoms with E-state index in [1.165, 1.54) is 74.9 Å². The number of fused-ring (bicyclic) bond motifs is 2. The Morgan fingerprint density at radius 2 is 1.03 bits per heavy atom. The molecule has 2 aromatic carbocycles. The first-order valence-electron chi connectivity index (χ1n) is 28.6. The van der Waals surface area contributed by atoms with Gasteiger partial charge in [0, 0.05) is 50.3 Å². The maximum Gasteiger partial charge on any atom is 0.410 e. The number of hydrogen-bond acceptors (Lipinski definition) is 22. The Bertz CT molecular complexity index is 4450. The fourth-order valence-corrected chi connectivity index (χ4v) is 9.60. The summed E-state index contributed by atoms with van der Waals surface area (Å²) in [4.78, 5) is 64.2. The molecule has 2 aliphatic rings. The molecule has 0 unspecified atom stereocenters. The number of aromatic nitrogens is 18. The van der Waals surface area contributed by atoms with E-state index in [0.717, 1.165) is 36.4 Å². The normalized spacial score (nSPS) is 13.6. The molecule has 10 aromatic rings. The van der Waals surface area contributed by atoms with Crippen LogP contribution in [0.2, 0.25) is 0 Å². The van der Waals surface area contributed by atoms with E-state index in [1.54, 1.807) is 66.1 Å². The number of carbonyl (C=O) groups is 4. The summed E-state index contributed by atoms with van der Waals surface area (Å²) in [7, 11) is 0. The topological polar surface area (TPSA) is 337 Å². The van der Waals surface area contributed by atoms with E-state index in [9.17, 15) is 54.3 Å². The van der Waals surface area contributed by atoms with Crippen LogP contribution in [0.4, 0.5) is 56.1 Å². The number of nitrogens with zero attached hydrogens (tertiary/aromatic N) is 20. The third-order valence-electron chi connectivity index (χ3n) is 13.7. The highest BCUT2D eigenvalue weighted by molar-refractivity contribution is 6.10. The molecular weight excluding hydrogens is 1290 g/mol. The van der Waals surface area contributed by atoms with Crippen LogP contribution in [0, 0.1) is 0 Å². The summed E-state index contributed by atoms with van der Waals surface area (Å²) in [6, 6.07) is 8.86. The van der Waals surface area contributed by atoms with E-state index in [-0.39, 0.29) is 112 Å². The Hall–Kier alpha value is -11.6. The second kappa shape index (κ2) is 27.1. The summed E-state index contributed by atoms with van der Waals surface area (Å²) in [5.74, 6) is -2.45. The molecule has 8 aromatic heterocycles. The molecule has 40 heteroatoms. The van der Waals surface area contributed by atoms with Gasteiger partial charge in [0.25, 0.3) is 11.8 Å². The lowest BCUT2D eigenvalue weighted by molar-refractivity contribution is -0.0526. The van der Waals surface area contributed by atoms with Crippen molar-refractivity contribution in [2.75, 3.05) is 36.8 Å². The van der Waals surface area contributed by atoms with Crippen LogP contribution in [0.15, 0.2) is 98.1 Å². The van der Waals surface area contributed by atoms with E-state index >= 15 is 0 Å². The lowest BCUT2D eigenvalue weighted by Gasteiger charge is -2.39. The summed E-state index contributed by atoms with van der Waals surface area (Å²) in [5, 5.41) is 46.8. The Morgan fingerprint density at radius 3 is 1.49 bits per heavy atom. The second-order valence-corrected chi connectivity index (χ2v) is 23.0. The van der Waals surface area contributed by atoms with Crippen molar-refractivity contribution in [3.63, 3.8) is 0 Å². The van der Waals surface area contributed by atoms with Crippen LogP contribution >= 0.6 is 0 Å². The first-order chi connectivity index (χ1) is 45.7. The number of amides is 4. The number of halogens is 8. The van der Waals surface area contributed by atoms with Crippen LogP contribution in [0.1, 0.15) is 86.0 Å². The minimum Gasteiger partial charge on any atom is -0.444 e. The highest BCUT2D eigenvalue weighted by Gasteiger charge is 2.39. The van der Waals surface area contributed by atoms with Crippen LogP contribution in [0.5, 0.6) is 23.0 Å². The van der Waals surface area contributed by atoms with Crippen molar-refractivity contribution in [1.82, 2.24) is 99.0 Å². The minimum atomic E-state index is -3.28. The van der Waals surface area contributed by atoms with Gasteiger partial charge in [0.1, 0.15) is 75.8 Å². The third kappa shape index (κ3) is 15.5. The monoisotopic (exact) mass is 1350 g/mol. The first kappa shape index (κ1) is 65.8. The fourth-order valence-electron chi connectivity index (χ4n) is 9.60. The molecule has 0 bridgehead atoms. The number of likely N-dealkylation sites (tertiary alicyclic amines) is 2. The zero-order chi connectivity index (χ0) is 68.3. The van der Waals surface area contributed by atoms with Crippen molar-refractivity contribution in [1.29, 1.82) is 0 Å². The first-order valence-corrected chi connectivity index (χ1v) is 28.6. The van der Waals surface area contributed by atoms with Crippen molar-refractivity contribution in [3.05, 3.63) is 121 Å². The summed E-state index contributed by atoms with van der Waals surface area (Å²) in [6.45, 7) is -1.43. The average molecular weight is 1350 g/mol. The van der Waals surface area contributed by atoms with Gasteiger partial charge in [-0.15, -0.1) is 15.3 Å². The van der Waals surface area contributed by atoms with Crippen molar-refractivity contribution in [3.8, 4) is 45.5 Å². The third-order valence-corrected chi connectivity index (χ3v) is 13.7. The second-order valence-electron chi connectivity index (χ2n) is 23.0. The maximum absolute atomic E-state index is 13.4. The van der Waals surface area contributed by atoms with E-state index in [0.29, 0.717) is 18.9 Å². The largest absolute Gasteiger partial charge is 0.444 e. The SMILES string of the molecule is CC(C)(C)OC(=O)N1CC(n2nnc(Cn3cc(NC(=O)c4cnn5cccnc45)c(-c4cc(OC(F)F)ccc4OC(F)F)n3)n2)C1.CC(C)(C)OC(=O)N1CC(n2nnnc2Cn2cc(NC(=O)c3cnn4cccnc34)c(-c3cc(OC(F)F)ccc3OC(F)F)n2)C1. The van der Waals surface area contributed by atoms with E-state index in [1.807, 2.05) is 0 Å². The van der Waals surface area contributed by atoms with Crippen molar-refractivity contribution in [2.24, 2.45) is 0 Å². The van der Waals surface area contributed by atoms with Crippen molar-refractivity contribution >= 4 is 46.7 Å². The number of hydrogen-bond donors (Lipinski definition) is 2. The minimum absolute atomic E-state index is 0.0111. The molecular formula is C56H54F8N22O10. The Labute approximate surface area is 534 Å². The van der Waals surface area contributed by atoms with Crippen molar-refractivity contribution in [2.45, 2.75) is 104 Å². The van der Waals surface area contributed by atoms with Crippen LogP contribution in [0.3, 0.4) is 0 Å². The van der Waals surface area contributed by atoms with E-state index in [2.05, 4.69) is 90.9 Å². The highest BCUT2D eigenvalue weighted by Crippen LogP contribution is 2.41. The molecule has 2 fully saturated rings. The van der Waals surface area contributed by atoms with Crippen LogP contribution in [-0.2, 0) is 22.6 Å². The van der Waals surface area contributed by atoms with Gasteiger partial charge in [0.05, 0.1) is 54.0 Å². The molecule has 4 amide bonds. The number of benzene rings is 2. The zero-order valence-corrected chi connectivity index (χ0v) is 51.0. The number of rotatable bonds is 20. The van der Waals surface area contributed by atoms with Gasteiger partial charge in [0.15, 0.2) is 22.9 Å². The van der Waals surface area contributed by atoms with Gasteiger partial charge in [-0.05, 0) is 106 Å². The summed E-state index contributed by atoms with van der Waals surface area (Å²) < 4.78 is 142. The maximum atomic E-state index is 13.4.